The molecule has 35 heavy (non-hydrogen) atoms. The van der Waals surface area contributed by atoms with E-state index < -0.39 is 0 Å². The molecule has 8 nitrogen and oxygen atoms in total. The van der Waals surface area contributed by atoms with Crippen molar-refractivity contribution in [3.05, 3.63) is 58.8 Å². The SMILES string of the molecule is CC(C)N(CCn1c(SCC(=O)N(CCC#N)Cc2ccco2)nc2ccccc2c1=O)C(C)C. The van der Waals surface area contributed by atoms with Crippen LogP contribution in [0.25, 0.3) is 10.9 Å². The smallest absolute Gasteiger partial charge is 0.262 e. The molecular weight excluding hydrogens is 462 g/mol. The Balaban J connectivity index is 1.84. The third-order valence-electron chi connectivity index (χ3n) is 5.83. The van der Waals surface area contributed by atoms with Crippen LogP contribution in [0.15, 0.2) is 57.0 Å². The molecule has 2 aromatic heterocycles. The van der Waals surface area contributed by atoms with Gasteiger partial charge in [-0.25, -0.2) is 4.98 Å². The molecule has 3 rings (SSSR count). The van der Waals surface area contributed by atoms with Gasteiger partial charge in [-0.05, 0) is 52.0 Å². The van der Waals surface area contributed by atoms with Crippen LogP contribution in [0, 0.1) is 11.3 Å². The maximum absolute atomic E-state index is 13.4. The summed E-state index contributed by atoms with van der Waals surface area (Å²) >= 11 is 1.26. The number of fused-ring (bicyclic) bond motifs is 1. The minimum Gasteiger partial charge on any atom is -0.467 e. The fourth-order valence-corrected chi connectivity index (χ4v) is 5.00. The molecule has 0 bridgehead atoms. The number of hydrogen-bond acceptors (Lipinski definition) is 7. The fourth-order valence-electron chi connectivity index (χ4n) is 4.07. The third-order valence-corrected chi connectivity index (χ3v) is 6.79. The Morgan fingerprint density at radius 2 is 1.89 bits per heavy atom. The average Bonchev–Trinajstić information content (AvgIpc) is 3.34. The largest absolute Gasteiger partial charge is 0.467 e. The molecule has 9 heteroatoms. The van der Waals surface area contributed by atoms with Crippen molar-refractivity contribution in [1.29, 1.82) is 5.26 Å². The number of thioether (sulfide) groups is 1. The summed E-state index contributed by atoms with van der Waals surface area (Å²) in [5.41, 5.74) is 0.514. The van der Waals surface area contributed by atoms with Crippen LogP contribution in [0.4, 0.5) is 0 Å². The number of carbonyl (C=O) groups is 1. The Kier molecular flexibility index (Phi) is 9.52. The fraction of sp³-hybridized carbons (Fsp3) is 0.462. The lowest BCUT2D eigenvalue weighted by atomic mass is 10.2. The number of para-hydroxylation sites is 1. The molecule has 1 amide bonds. The Bertz CT molecular complexity index is 1210. The molecule has 0 radical (unpaired) electrons. The van der Waals surface area contributed by atoms with Gasteiger partial charge in [-0.15, -0.1) is 0 Å². The summed E-state index contributed by atoms with van der Waals surface area (Å²) in [6.07, 6.45) is 1.79. The first-order valence-electron chi connectivity index (χ1n) is 11.9. The molecule has 2 heterocycles. The highest BCUT2D eigenvalue weighted by atomic mass is 32.2. The lowest BCUT2D eigenvalue weighted by Gasteiger charge is -2.30. The monoisotopic (exact) mass is 495 g/mol. The van der Waals surface area contributed by atoms with Crippen LogP contribution in [0.2, 0.25) is 0 Å². The molecule has 0 unspecified atom stereocenters. The highest BCUT2D eigenvalue weighted by Gasteiger charge is 2.20. The summed E-state index contributed by atoms with van der Waals surface area (Å²) < 4.78 is 7.07. The summed E-state index contributed by atoms with van der Waals surface area (Å²) in [5.74, 6) is 0.626. The Labute approximate surface area is 210 Å². The molecule has 0 saturated carbocycles. The highest BCUT2D eigenvalue weighted by Crippen LogP contribution is 2.20. The van der Waals surface area contributed by atoms with Crippen LogP contribution in [-0.4, -0.2) is 56.2 Å². The number of rotatable bonds is 12. The summed E-state index contributed by atoms with van der Waals surface area (Å²) in [7, 11) is 0. The minimum absolute atomic E-state index is 0.102. The number of carbonyl (C=O) groups excluding carboxylic acids is 1. The van der Waals surface area contributed by atoms with Crippen LogP contribution >= 0.6 is 11.8 Å². The van der Waals surface area contributed by atoms with E-state index >= 15 is 0 Å². The topological polar surface area (TPSA) is 95.4 Å². The molecule has 0 saturated heterocycles. The van der Waals surface area contributed by atoms with Crippen LogP contribution < -0.4 is 5.56 Å². The zero-order chi connectivity index (χ0) is 25.4. The summed E-state index contributed by atoms with van der Waals surface area (Å²) in [6, 6.07) is 13.6. The molecular formula is C26H33N5O3S. The predicted octanol–water partition coefficient (Wildman–Crippen LogP) is 4.14. The molecule has 1 aromatic carbocycles. The first-order chi connectivity index (χ1) is 16.8. The molecule has 0 atom stereocenters. The minimum atomic E-state index is -0.137. The quantitative estimate of drug-likeness (QED) is 0.275. The van der Waals surface area contributed by atoms with Gasteiger partial charge in [0.15, 0.2) is 5.16 Å². The molecule has 0 spiro atoms. The van der Waals surface area contributed by atoms with Crippen molar-refractivity contribution in [2.45, 2.75) is 64.4 Å². The van der Waals surface area contributed by atoms with E-state index in [1.807, 2.05) is 18.2 Å². The van der Waals surface area contributed by atoms with Gasteiger partial charge in [0, 0.05) is 31.7 Å². The van der Waals surface area contributed by atoms with Crippen molar-refractivity contribution in [2.24, 2.45) is 0 Å². The lowest BCUT2D eigenvalue weighted by Crippen LogP contribution is -2.40. The highest BCUT2D eigenvalue weighted by molar-refractivity contribution is 7.99. The number of nitriles is 1. The van der Waals surface area contributed by atoms with Crippen LogP contribution in [0.1, 0.15) is 39.9 Å². The molecule has 0 aliphatic carbocycles. The lowest BCUT2D eigenvalue weighted by molar-refractivity contribution is -0.129. The van der Waals surface area contributed by atoms with Crippen molar-refractivity contribution in [3.8, 4) is 6.07 Å². The second-order valence-corrected chi connectivity index (χ2v) is 9.83. The van der Waals surface area contributed by atoms with Gasteiger partial charge in [-0.2, -0.15) is 5.26 Å². The first-order valence-corrected chi connectivity index (χ1v) is 12.9. The summed E-state index contributed by atoms with van der Waals surface area (Å²) in [5, 5.41) is 10.1. The molecule has 186 valence electrons. The van der Waals surface area contributed by atoms with E-state index in [4.69, 9.17) is 14.7 Å². The van der Waals surface area contributed by atoms with E-state index in [0.29, 0.717) is 60.1 Å². The Morgan fingerprint density at radius 3 is 2.54 bits per heavy atom. The second-order valence-electron chi connectivity index (χ2n) is 8.89. The van der Waals surface area contributed by atoms with Gasteiger partial charge >= 0.3 is 0 Å². The molecule has 0 aliphatic heterocycles. The van der Waals surface area contributed by atoms with Gasteiger partial charge < -0.3 is 9.32 Å². The van der Waals surface area contributed by atoms with Crippen molar-refractivity contribution in [3.63, 3.8) is 0 Å². The molecule has 0 fully saturated rings. The van der Waals surface area contributed by atoms with Crippen LogP contribution in [0.5, 0.6) is 0 Å². The summed E-state index contributed by atoms with van der Waals surface area (Å²) in [4.78, 5) is 35.1. The summed E-state index contributed by atoms with van der Waals surface area (Å²) in [6.45, 7) is 10.4. The predicted molar refractivity (Wildman–Crippen MR) is 138 cm³/mol. The van der Waals surface area contributed by atoms with E-state index in [2.05, 4.69) is 38.7 Å². The number of nitrogens with zero attached hydrogens (tertiary/aromatic N) is 5. The number of aromatic nitrogens is 2. The van der Waals surface area contributed by atoms with Crippen molar-refractivity contribution >= 4 is 28.6 Å². The van der Waals surface area contributed by atoms with E-state index in [-0.39, 0.29) is 23.6 Å². The van der Waals surface area contributed by atoms with E-state index in [0.717, 1.165) is 0 Å². The maximum Gasteiger partial charge on any atom is 0.262 e. The van der Waals surface area contributed by atoms with Crippen molar-refractivity contribution in [1.82, 2.24) is 19.4 Å². The van der Waals surface area contributed by atoms with Gasteiger partial charge in [0.2, 0.25) is 5.91 Å². The second kappa shape index (κ2) is 12.6. The Morgan fingerprint density at radius 1 is 1.14 bits per heavy atom. The standard InChI is InChI=1S/C26H33N5O3S/c1-19(2)30(20(3)4)14-15-31-25(33)22-10-5-6-11-23(22)28-26(31)35-18-24(32)29(13-8-12-27)17-21-9-7-16-34-21/h5-7,9-11,16,19-20H,8,13-15,17-18H2,1-4H3. The van der Waals surface area contributed by atoms with Gasteiger partial charge in [0.25, 0.3) is 5.56 Å². The van der Waals surface area contributed by atoms with E-state index in [1.54, 1.807) is 33.9 Å². The third kappa shape index (κ3) is 6.96. The number of benzene rings is 1. The number of furan rings is 1. The van der Waals surface area contributed by atoms with Crippen molar-refractivity contribution < 1.29 is 9.21 Å². The average molecular weight is 496 g/mol. The van der Waals surface area contributed by atoms with E-state index in [1.165, 1.54) is 11.8 Å². The molecule has 3 aromatic rings. The number of amides is 1. The van der Waals surface area contributed by atoms with Gasteiger partial charge in [-0.1, -0.05) is 23.9 Å². The van der Waals surface area contributed by atoms with Gasteiger partial charge in [0.1, 0.15) is 5.76 Å². The van der Waals surface area contributed by atoms with Crippen LogP contribution in [-0.2, 0) is 17.9 Å². The zero-order valence-electron chi connectivity index (χ0n) is 20.8. The van der Waals surface area contributed by atoms with Gasteiger partial charge in [-0.3, -0.25) is 19.1 Å². The van der Waals surface area contributed by atoms with Crippen LogP contribution in [0.3, 0.4) is 0 Å². The zero-order valence-corrected chi connectivity index (χ0v) is 21.6. The normalized spacial score (nSPS) is 11.5. The number of hydrogen-bond donors (Lipinski definition) is 0. The molecule has 0 aliphatic rings. The Hall–Kier alpha value is -3.09. The maximum atomic E-state index is 13.4. The first kappa shape index (κ1) is 26.5. The molecule has 0 N–H and O–H groups in total. The van der Waals surface area contributed by atoms with E-state index in [9.17, 15) is 9.59 Å². The van der Waals surface area contributed by atoms with Gasteiger partial charge in [0.05, 0.1) is 42.0 Å². The van der Waals surface area contributed by atoms with Crippen molar-refractivity contribution in [2.75, 3.05) is 18.8 Å².